The van der Waals surface area contributed by atoms with Crippen LogP contribution in [0.2, 0.25) is 0 Å². The van der Waals surface area contributed by atoms with Gasteiger partial charge in [0.2, 0.25) is 11.8 Å². The second-order valence-corrected chi connectivity index (χ2v) is 8.17. The Balaban J connectivity index is 1.31. The van der Waals surface area contributed by atoms with Crippen LogP contribution < -0.4 is 10.6 Å². The SMILES string of the molecule is O=C(CCN1CCOCC1)Nc1cccc(CNC(=O)C(Cc2ccccc2)n2cnnn2)c1. The number of morpholine rings is 1. The zero-order valence-corrected chi connectivity index (χ0v) is 19.0. The van der Waals surface area contributed by atoms with Crippen LogP contribution in [0.3, 0.4) is 0 Å². The van der Waals surface area contributed by atoms with Crippen molar-refractivity contribution in [3.8, 4) is 0 Å². The molecule has 34 heavy (non-hydrogen) atoms. The maximum absolute atomic E-state index is 13.0. The van der Waals surface area contributed by atoms with Crippen LogP contribution in [0.1, 0.15) is 23.6 Å². The molecular formula is C24H29N7O3. The number of amides is 2. The van der Waals surface area contributed by atoms with Crippen molar-refractivity contribution in [2.75, 3.05) is 38.2 Å². The number of nitrogens with zero attached hydrogens (tertiary/aromatic N) is 5. The van der Waals surface area contributed by atoms with Crippen LogP contribution >= 0.6 is 0 Å². The molecule has 2 aromatic carbocycles. The van der Waals surface area contributed by atoms with Crippen LogP contribution in [0.5, 0.6) is 0 Å². The number of rotatable bonds is 10. The lowest BCUT2D eigenvalue weighted by Gasteiger charge is -2.26. The summed E-state index contributed by atoms with van der Waals surface area (Å²) in [7, 11) is 0. The number of aromatic nitrogens is 4. The molecule has 1 aromatic heterocycles. The minimum atomic E-state index is -0.569. The molecule has 1 saturated heterocycles. The Morgan fingerprint density at radius 3 is 2.59 bits per heavy atom. The predicted molar refractivity (Wildman–Crippen MR) is 126 cm³/mol. The second-order valence-electron chi connectivity index (χ2n) is 8.17. The molecule has 1 aliphatic rings. The second kappa shape index (κ2) is 12.0. The Morgan fingerprint density at radius 2 is 1.82 bits per heavy atom. The number of nitrogens with one attached hydrogen (secondary N) is 2. The van der Waals surface area contributed by atoms with Crippen molar-refractivity contribution in [2.24, 2.45) is 0 Å². The van der Waals surface area contributed by atoms with Gasteiger partial charge in [0, 0.05) is 44.7 Å². The van der Waals surface area contributed by atoms with Gasteiger partial charge in [0.05, 0.1) is 13.2 Å². The minimum absolute atomic E-state index is 0.0331. The molecule has 2 heterocycles. The first-order chi connectivity index (χ1) is 16.7. The third-order valence-electron chi connectivity index (χ3n) is 5.70. The third-order valence-corrected chi connectivity index (χ3v) is 5.70. The van der Waals surface area contributed by atoms with E-state index in [2.05, 4.69) is 31.1 Å². The van der Waals surface area contributed by atoms with Gasteiger partial charge in [-0.1, -0.05) is 42.5 Å². The topological polar surface area (TPSA) is 114 Å². The average Bonchev–Trinajstić information content (AvgIpc) is 3.41. The van der Waals surface area contributed by atoms with Crippen molar-refractivity contribution in [2.45, 2.75) is 25.4 Å². The van der Waals surface area contributed by atoms with Gasteiger partial charge in [-0.2, -0.15) is 0 Å². The molecule has 0 bridgehead atoms. The van der Waals surface area contributed by atoms with E-state index >= 15 is 0 Å². The van der Waals surface area contributed by atoms with E-state index in [-0.39, 0.29) is 11.8 Å². The van der Waals surface area contributed by atoms with Crippen molar-refractivity contribution in [1.29, 1.82) is 0 Å². The Labute approximate surface area is 198 Å². The van der Waals surface area contributed by atoms with E-state index in [1.165, 1.54) is 11.0 Å². The Morgan fingerprint density at radius 1 is 1.03 bits per heavy atom. The van der Waals surface area contributed by atoms with E-state index in [0.29, 0.717) is 31.6 Å². The van der Waals surface area contributed by atoms with Crippen molar-refractivity contribution in [3.63, 3.8) is 0 Å². The summed E-state index contributed by atoms with van der Waals surface area (Å²) in [6.07, 6.45) is 2.34. The number of carbonyl (C=O) groups is 2. The lowest BCUT2D eigenvalue weighted by Crippen LogP contribution is -2.38. The van der Waals surface area contributed by atoms with Gasteiger partial charge >= 0.3 is 0 Å². The van der Waals surface area contributed by atoms with Gasteiger partial charge in [-0.3, -0.25) is 14.5 Å². The summed E-state index contributed by atoms with van der Waals surface area (Å²) in [6, 6.07) is 16.7. The molecule has 3 aromatic rings. The molecule has 2 amide bonds. The first-order valence-electron chi connectivity index (χ1n) is 11.4. The molecule has 1 aliphatic heterocycles. The fourth-order valence-corrected chi connectivity index (χ4v) is 3.83. The maximum atomic E-state index is 13.0. The van der Waals surface area contributed by atoms with Gasteiger partial charge in [-0.15, -0.1) is 5.10 Å². The van der Waals surface area contributed by atoms with E-state index in [1.807, 2.05) is 54.6 Å². The molecule has 4 rings (SSSR count). The van der Waals surface area contributed by atoms with E-state index < -0.39 is 6.04 Å². The highest BCUT2D eigenvalue weighted by atomic mass is 16.5. The molecule has 1 fully saturated rings. The quantitative estimate of drug-likeness (QED) is 0.468. The molecule has 10 heteroatoms. The molecule has 0 radical (unpaired) electrons. The summed E-state index contributed by atoms with van der Waals surface area (Å²) in [5, 5.41) is 17.2. The summed E-state index contributed by atoms with van der Waals surface area (Å²) in [4.78, 5) is 27.6. The normalized spacial score (nSPS) is 14.9. The van der Waals surface area contributed by atoms with Gasteiger partial charge in [0.25, 0.3) is 0 Å². The van der Waals surface area contributed by atoms with Gasteiger partial charge in [0.1, 0.15) is 12.4 Å². The lowest BCUT2D eigenvalue weighted by molar-refractivity contribution is -0.124. The first-order valence-corrected chi connectivity index (χ1v) is 11.4. The monoisotopic (exact) mass is 463 g/mol. The Kier molecular flexibility index (Phi) is 8.31. The van der Waals surface area contributed by atoms with E-state index in [0.717, 1.165) is 37.4 Å². The number of benzene rings is 2. The predicted octanol–water partition coefficient (Wildman–Crippen LogP) is 1.43. The number of ether oxygens (including phenoxy) is 1. The molecule has 10 nitrogen and oxygen atoms in total. The fourth-order valence-electron chi connectivity index (χ4n) is 3.83. The molecule has 1 atom stereocenters. The molecular weight excluding hydrogens is 434 g/mol. The van der Waals surface area contributed by atoms with Crippen LogP contribution in [0.25, 0.3) is 0 Å². The fraction of sp³-hybridized carbons (Fsp3) is 0.375. The lowest BCUT2D eigenvalue weighted by atomic mass is 10.1. The highest BCUT2D eigenvalue weighted by Crippen LogP contribution is 2.15. The summed E-state index contributed by atoms with van der Waals surface area (Å²) in [5.74, 6) is -0.217. The third kappa shape index (κ3) is 6.93. The molecule has 2 N–H and O–H groups in total. The molecule has 0 spiro atoms. The number of carbonyl (C=O) groups excluding carboxylic acids is 2. The van der Waals surface area contributed by atoms with E-state index in [1.54, 1.807) is 0 Å². The van der Waals surface area contributed by atoms with Gasteiger partial charge in [-0.05, 0) is 33.7 Å². The van der Waals surface area contributed by atoms with Crippen LogP contribution in [0.15, 0.2) is 60.9 Å². The van der Waals surface area contributed by atoms with Crippen LogP contribution in [0.4, 0.5) is 5.69 Å². The smallest absolute Gasteiger partial charge is 0.245 e. The molecule has 1 unspecified atom stereocenters. The molecule has 178 valence electrons. The summed E-state index contributed by atoms with van der Waals surface area (Å²) in [5.41, 5.74) is 2.61. The van der Waals surface area contributed by atoms with Gasteiger partial charge < -0.3 is 15.4 Å². The Hall–Kier alpha value is -3.63. The van der Waals surface area contributed by atoms with Crippen molar-refractivity contribution in [1.82, 2.24) is 30.4 Å². The van der Waals surface area contributed by atoms with Crippen molar-refractivity contribution >= 4 is 17.5 Å². The summed E-state index contributed by atoms with van der Waals surface area (Å²) in [6.45, 7) is 4.19. The maximum Gasteiger partial charge on any atom is 0.245 e. The van der Waals surface area contributed by atoms with Crippen LogP contribution in [0, 0.1) is 0 Å². The average molecular weight is 464 g/mol. The number of tetrazole rings is 1. The van der Waals surface area contributed by atoms with E-state index in [9.17, 15) is 9.59 Å². The van der Waals surface area contributed by atoms with Crippen LogP contribution in [-0.2, 0) is 27.3 Å². The zero-order valence-electron chi connectivity index (χ0n) is 19.0. The van der Waals surface area contributed by atoms with E-state index in [4.69, 9.17) is 4.74 Å². The minimum Gasteiger partial charge on any atom is -0.379 e. The summed E-state index contributed by atoms with van der Waals surface area (Å²) >= 11 is 0. The number of anilines is 1. The highest BCUT2D eigenvalue weighted by molar-refractivity contribution is 5.90. The van der Waals surface area contributed by atoms with Gasteiger partial charge in [0.15, 0.2) is 0 Å². The summed E-state index contributed by atoms with van der Waals surface area (Å²) < 4.78 is 6.80. The van der Waals surface area contributed by atoms with Crippen molar-refractivity contribution < 1.29 is 14.3 Å². The Bertz CT molecular complexity index is 1050. The van der Waals surface area contributed by atoms with Crippen LogP contribution in [-0.4, -0.2) is 69.8 Å². The highest BCUT2D eigenvalue weighted by Gasteiger charge is 2.22. The van der Waals surface area contributed by atoms with Crippen molar-refractivity contribution in [3.05, 3.63) is 72.1 Å². The van der Waals surface area contributed by atoms with Gasteiger partial charge in [-0.25, -0.2) is 4.68 Å². The first kappa shape index (κ1) is 23.5. The molecule has 0 saturated carbocycles. The molecule has 0 aliphatic carbocycles. The number of hydrogen-bond donors (Lipinski definition) is 2. The standard InChI is InChI=1S/C24H29N7O3/c32-23(9-10-30-11-13-34-14-12-30)27-21-8-4-7-20(15-21)17-25-24(33)22(31-18-26-28-29-31)16-19-5-2-1-3-6-19/h1-8,15,18,22H,9-14,16-17H2,(H,25,33)(H,27,32). The number of hydrogen-bond acceptors (Lipinski definition) is 7. The zero-order chi connectivity index (χ0) is 23.6. The largest absolute Gasteiger partial charge is 0.379 e.